The van der Waals surface area contributed by atoms with Gasteiger partial charge >= 0.3 is 0 Å². The summed E-state index contributed by atoms with van der Waals surface area (Å²) < 4.78 is 0. The number of nitrogens with one attached hydrogen (secondary N) is 1. The summed E-state index contributed by atoms with van der Waals surface area (Å²) >= 11 is 0. The summed E-state index contributed by atoms with van der Waals surface area (Å²) in [5, 5.41) is 3.49. The molecular formula is C14H21N. The molecule has 0 bridgehead atoms. The summed E-state index contributed by atoms with van der Waals surface area (Å²) in [7, 11) is 0. The minimum atomic E-state index is 1.14. The Labute approximate surface area is 92.9 Å². The topological polar surface area (TPSA) is 12.0 Å². The minimum Gasteiger partial charge on any atom is -0.385 e. The lowest BCUT2D eigenvalue weighted by Gasteiger charge is -2.20. The van der Waals surface area contributed by atoms with E-state index in [-0.39, 0.29) is 0 Å². The van der Waals surface area contributed by atoms with Gasteiger partial charge in [-0.05, 0) is 42.9 Å². The maximum atomic E-state index is 3.49. The maximum Gasteiger partial charge on any atom is 0.0375 e. The molecule has 1 aromatic carbocycles. The summed E-state index contributed by atoms with van der Waals surface area (Å²) in [6.45, 7) is 3.41. The Hall–Kier alpha value is -0.980. The first kappa shape index (κ1) is 10.5. The van der Waals surface area contributed by atoms with Crippen molar-refractivity contribution >= 4 is 5.69 Å². The quantitative estimate of drug-likeness (QED) is 0.734. The van der Waals surface area contributed by atoms with Crippen molar-refractivity contribution in [1.29, 1.82) is 0 Å². The summed E-state index contributed by atoms with van der Waals surface area (Å²) in [6, 6.07) is 6.72. The molecule has 0 saturated carbocycles. The average molecular weight is 203 g/mol. The molecular weight excluding hydrogens is 182 g/mol. The van der Waals surface area contributed by atoms with E-state index in [0.29, 0.717) is 0 Å². The summed E-state index contributed by atoms with van der Waals surface area (Å²) in [6.07, 6.45) is 7.83. The fourth-order valence-electron chi connectivity index (χ4n) is 2.38. The molecule has 0 fully saturated rings. The molecule has 0 atom stereocenters. The Kier molecular flexibility index (Phi) is 3.65. The number of unbranched alkanes of at least 4 members (excludes halogenated alkanes) is 2. The van der Waals surface area contributed by atoms with Gasteiger partial charge in [-0.3, -0.25) is 0 Å². The van der Waals surface area contributed by atoms with Crippen molar-refractivity contribution < 1.29 is 0 Å². The number of fused-ring (bicyclic) bond motifs is 1. The normalized spacial score (nSPS) is 14.5. The van der Waals surface area contributed by atoms with Crippen LogP contribution in [0.3, 0.4) is 0 Å². The van der Waals surface area contributed by atoms with Gasteiger partial charge in [-0.15, -0.1) is 0 Å². The highest BCUT2D eigenvalue weighted by atomic mass is 14.9. The molecule has 0 saturated heterocycles. The van der Waals surface area contributed by atoms with E-state index in [1.54, 1.807) is 11.1 Å². The van der Waals surface area contributed by atoms with Crippen molar-refractivity contribution in [2.24, 2.45) is 0 Å². The van der Waals surface area contributed by atoms with Gasteiger partial charge in [-0.2, -0.15) is 0 Å². The Morgan fingerprint density at radius 1 is 1.27 bits per heavy atom. The number of benzene rings is 1. The third-order valence-electron chi connectivity index (χ3n) is 3.24. The molecule has 0 aromatic heterocycles. The highest BCUT2D eigenvalue weighted by molar-refractivity contribution is 5.56. The van der Waals surface area contributed by atoms with Crippen LogP contribution in [0.5, 0.6) is 0 Å². The van der Waals surface area contributed by atoms with Crippen LogP contribution in [0.1, 0.15) is 43.7 Å². The van der Waals surface area contributed by atoms with Gasteiger partial charge in [0.1, 0.15) is 0 Å². The van der Waals surface area contributed by atoms with Crippen LogP contribution in [-0.2, 0) is 12.8 Å². The van der Waals surface area contributed by atoms with Crippen molar-refractivity contribution in [1.82, 2.24) is 0 Å². The van der Waals surface area contributed by atoms with E-state index < -0.39 is 0 Å². The summed E-state index contributed by atoms with van der Waals surface area (Å²) in [5.41, 5.74) is 4.54. The van der Waals surface area contributed by atoms with Gasteiger partial charge < -0.3 is 5.32 Å². The van der Waals surface area contributed by atoms with Crippen molar-refractivity contribution in [2.45, 2.75) is 45.4 Å². The van der Waals surface area contributed by atoms with Crippen molar-refractivity contribution in [2.75, 3.05) is 11.9 Å². The number of anilines is 1. The molecule has 0 radical (unpaired) electrons. The zero-order chi connectivity index (χ0) is 10.5. The fraction of sp³-hybridized carbons (Fsp3) is 0.571. The summed E-state index contributed by atoms with van der Waals surface area (Å²) in [5.74, 6) is 0. The zero-order valence-electron chi connectivity index (χ0n) is 9.68. The molecule has 1 N–H and O–H groups in total. The van der Waals surface area contributed by atoms with Crippen LogP contribution < -0.4 is 5.32 Å². The molecule has 1 aromatic rings. The van der Waals surface area contributed by atoms with E-state index in [1.165, 1.54) is 44.2 Å². The van der Waals surface area contributed by atoms with Crippen molar-refractivity contribution in [3.8, 4) is 0 Å². The number of hydrogen-bond donors (Lipinski definition) is 1. The fourth-order valence-corrected chi connectivity index (χ4v) is 2.38. The Morgan fingerprint density at radius 3 is 3.07 bits per heavy atom. The van der Waals surface area contributed by atoms with E-state index in [2.05, 4.69) is 30.4 Å². The molecule has 0 amide bonds. The third kappa shape index (κ3) is 2.53. The molecule has 2 rings (SSSR count). The second-order valence-corrected chi connectivity index (χ2v) is 4.43. The Bertz CT molecular complexity index is 317. The molecule has 0 unspecified atom stereocenters. The Morgan fingerprint density at radius 2 is 2.20 bits per heavy atom. The van der Waals surface area contributed by atoms with Gasteiger partial charge in [0, 0.05) is 12.2 Å². The SMILES string of the molecule is CCCCCc1cccc2c1CCCN2. The van der Waals surface area contributed by atoms with Gasteiger partial charge in [-0.1, -0.05) is 31.9 Å². The smallest absolute Gasteiger partial charge is 0.0375 e. The van der Waals surface area contributed by atoms with Gasteiger partial charge in [0.2, 0.25) is 0 Å². The Balaban J connectivity index is 2.09. The van der Waals surface area contributed by atoms with Crippen LogP contribution in [0.15, 0.2) is 18.2 Å². The van der Waals surface area contributed by atoms with Crippen LogP contribution in [0.4, 0.5) is 5.69 Å². The molecule has 1 aliphatic rings. The number of aryl methyl sites for hydroxylation is 1. The van der Waals surface area contributed by atoms with E-state index in [1.807, 2.05) is 0 Å². The summed E-state index contributed by atoms with van der Waals surface area (Å²) in [4.78, 5) is 0. The van der Waals surface area contributed by atoms with E-state index in [4.69, 9.17) is 0 Å². The number of rotatable bonds is 4. The molecule has 1 aliphatic heterocycles. The van der Waals surface area contributed by atoms with Crippen LogP contribution in [0.2, 0.25) is 0 Å². The lowest BCUT2D eigenvalue weighted by molar-refractivity contribution is 0.708. The van der Waals surface area contributed by atoms with Crippen LogP contribution in [-0.4, -0.2) is 6.54 Å². The van der Waals surface area contributed by atoms with Crippen LogP contribution >= 0.6 is 0 Å². The molecule has 1 nitrogen and oxygen atoms in total. The monoisotopic (exact) mass is 203 g/mol. The second kappa shape index (κ2) is 5.20. The molecule has 0 spiro atoms. The van der Waals surface area contributed by atoms with Gasteiger partial charge in [0.25, 0.3) is 0 Å². The predicted molar refractivity (Wildman–Crippen MR) is 66.5 cm³/mol. The first-order valence-electron chi connectivity index (χ1n) is 6.26. The molecule has 15 heavy (non-hydrogen) atoms. The first-order valence-corrected chi connectivity index (χ1v) is 6.26. The van der Waals surface area contributed by atoms with Crippen LogP contribution in [0, 0.1) is 0 Å². The lowest BCUT2D eigenvalue weighted by atomic mass is 9.94. The van der Waals surface area contributed by atoms with Gasteiger partial charge in [-0.25, -0.2) is 0 Å². The standard InChI is InChI=1S/C14H21N/c1-2-3-4-7-12-8-5-10-14-13(12)9-6-11-15-14/h5,8,10,15H,2-4,6-7,9,11H2,1H3. The maximum absolute atomic E-state index is 3.49. The first-order chi connectivity index (χ1) is 7.42. The minimum absolute atomic E-state index is 1.14. The second-order valence-electron chi connectivity index (χ2n) is 4.43. The van der Waals surface area contributed by atoms with E-state index in [0.717, 1.165) is 6.54 Å². The van der Waals surface area contributed by atoms with Crippen molar-refractivity contribution in [3.63, 3.8) is 0 Å². The largest absolute Gasteiger partial charge is 0.385 e. The zero-order valence-corrected chi connectivity index (χ0v) is 9.68. The average Bonchev–Trinajstić information content (AvgIpc) is 2.30. The molecule has 1 heterocycles. The molecule has 0 aliphatic carbocycles. The lowest BCUT2D eigenvalue weighted by Crippen LogP contribution is -2.13. The molecule has 1 heteroatoms. The van der Waals surface area contributed by atoms with Gasteiger partial charge in [0.05, 0.1) is 0 Å². The van der Waals surface area contributed by atoms with E-state index in [9.17, 15) is 0 Å². The van der Waals surface area contributed by atoms with Gasteiger partial charge in [0.15, 0.2) is 0 Å². The third-order valence-corrected chi connectivity index (χ3v) is 3.24. The number of hydrogen-bond acceptors (Lipinski definition) is 1. The molecule has 82 valence electrons. The highest BCUT2D eigenvalue weighted by Crippen LogP contribution is 2.26. The van der Waals surface area contributed by atoms with Crippen molar-refractivity contribution in [3.05, 3.63) is 29.3 Å². The highest BCUT2D eigenvalue weighted by Gasteiger charge is 2.11. The van der Waals surface area contributed by atoms with Crippen LogP contribution in [0.25, 0.3) is 0 Å². The van der Waals surface area contributed by atoms with E-state index >= 15 is 0 Å². The predicted octanol–water partition coefficient (Wildman–Crippen LogP) is 3.78.